The van der Waals surface area contributed by atoms with Crippen LogP contribution in [0.1, 0.15) is 23.2 Å². The van der Waals surface area contributed by atoms with E-state index >= 15 is 0 Å². The summed E-state index contributed by atoms with van der Waals surface area (Å²) in [6.07, 6.45) is -0.430. The molecule has 0 radical (unpaired) electrons. The lowest BCUT2D eigenvalue weighted by Gasteiger charge is -2.40. The minimum absolute atomic E-state index is 0.0333. The van der Waals surface area contributed by atoms with Crippen molar-refractivity contribution in [1.29, 1.82) is 0 Å². The number of para-hydroxylation sites is 1. The summed E-state index contributed by atoms with van der Waals surface area (Å²) in [5.74, 6) is -1.63. The molecule has 152 valence electrons. The number of amides is 2. The molecule has 1 aromatic carbocycles. The van der Waals surface area contributed by atoms with Crippen molar-refractivity contribution in [2.24, 2.45) is 0 Å². The third-order valence-electron chi connectivity index (χ3n) is 4.70. The van der Waals surface area contributed by atoms with Gasteiger partial charge in [-0.25, -0.2) is 4.79 Å². The molecule has 2 aliphatic rings. The van der Waals surface area contributed by atoms with Gasteiger partial charge < -0.3 is 25.2 Å². The lowest BCUT2D eigenvalue weighted by atomic mass is 10.1. The van der Waals surface area contributed by atoms with E-state index in [1.165, 1.54) is 25.3 Å². The molecule has 3 rings (SSSR count). The summed E-state index contributed by atoms with van der Waals surface area (Å²) < 4.78 is 9.93. The molecule has 2 amide bonds. The van der Waals surface area contributed by atoms with Crippen LogP contribution in [0.15, 0.2) is 18.2 Å². The minimum atomic E-state index is -0.705. The quantitative estimate of drug-likeness (QED) is 0.394. The van der Waals surface area contributed by atoms with E-state index in [1.807, 2.05) is 0 Å². The molecule has 4 N–H and O–H groups in total. The molecule has 0 aromatic heterocycles. The normalized spacial score (nSPS) is 23.0. The molecule has 0 aliphatic carbocycles. The number of carbonyl (C=O) groups is 3. The smallest absolute Gasteiger partial charge is 0.341 e. The van der Waals surface area contributed by atoms with E-state index in [-0.39, 0.29) is 35.5 Å². The van der Waals surface area contributed by atoms with E-state index in [1.54, 1.807) is 0 Å². The van der Waals surface area contributed by atoms with Gasteiger partial charge in [-0.3, -0.25) is 19.8 Å². The maximum atomic E-state index is 12.4. The molecule has 2 aliphatic heterocycles. The van der Waals surface area contributed by atoms with Gasteiger partial charge in [0.2, 0.25) is 11.8 Å². The molecule has 10 heteroatoms. The van der Waals surface area contributed by atoms with E-state index in [0.29, 0.717) is 19.6 Å². The Labute approximate surface area is 162 Å². The highest BCUT2D eigenvalue weighted by Crippen LogP contribution is 2.28. The van der Waals surface area contributed by atoms with Crippen LogP contribution in [0.4, 0.5) is 5.69 Å². The van der Waals surface area contributed by atoms with E-state index in [9.17, 15) is 19.5 Å². The summed E-state index contributed by atoms with van der Waals surface area (Å²) in [6, 6.07) is 4.40. The van der Waals surface area contributed by atoms with Crippen LogP contribution < -0.4 is 16.0 Å². The Hall–Kier alpha value is -2.69. The Morgan fingerprint density at radius 1 is 1.36 bits per heavy atom. The summed E-state index contributed by atoms with van der Waals surface area (Å²) in [4.78, 5) is 38.2. The molecule has 10 nitrogen and oxygen atoms in total. The van der Waals surface area contributed by atoms with E-state index in [0.717, 1.165) is 13.1 Å². The van der Waals surface area contributed by atoms with Crippen LogP contribution in [-0.4, -0.2) is 73.5 Å². The number of nitrogens with one attached hydrogen (secondary N) is 3. The number of methoxy groups -OCH3 is 1. The highest BCUT2D eigenvalue weighted by Gasteiger charge is 2.31. The summed E-state index contributed by atoms with van der Waals surface area (Å²) in [6.45, 7) is 2.66. The van der Waals surface area contributed by atoms with Gasteiger partial charge in [0, 0.05) is 13.1 Å². The van der Waals surface area contributed by atoms with Crippen LogP contribution in [0.25, 0.3) is 0 Å². The van der Waals surface area contributed by atoms with Crippen LogP contribution in [0, 0.1) is 0 Å². The van der Waals surface area contributed by atoms with Gasteiger partial charge in [0.25, 0.3) is 0 Å². The summed E-state index contributed by atoms with van der Waals surface area (Å²) in [5.41, 5.74) is 0.0524. The first-order chi connectivity index (χ1) is 13.5. The zero-order chi connectivity index (χ0) is 20.1. The summed E-state index contributed by atoms with van der Waals surface area (Å²) in [7, 11) is 1.20. The number of aromatic hydroxyl groups is 1. The Bertz CT molecular complexity index is 750. The first kappa shape index (κ1) is 20.1. The summed E-state index contributed by atoms with van der Waals surface area (Å²) >= 11 is 0. The minimum Gasteiger partial charge on any atom is -0.505 e. The standard InChI is InChI=1S/C18H24N4O6/c1-27-18(26)11-3-2-4-12(17(11)25)19-15(23)9-13-20-14(10-16(24)21-13)22-5-7-28-8-6-22/h2-4,13-14,20,25H,5-10H2,1H3,(H,19,23)(H,21,24). The number of hydrogen-bond acceptors (Lipinski definition) is 8. The second kappa shape index (κ2) is 9.00. The lowest BCUT2D eigenvalue weighted by molar-refractivity contribution is -0.128. The fourth-order valence-electron chi connectivity index (χ4n) is 3.30. The summed E-state index contributed by atoms with van der Waals surface area (Å²) in [5, 5.41) is 18.8. The van der Waals surface area contributed by atoms with Gasteiger partial charge >= 0.3 is 5.97 Å². The number of ether oxygens (including phenoxy) is 2. The second-order valence-corrected chi connectivity index (χ2v) is 6.60. The van der Waals surface area contributed by atoms with Gasteiger partial charge in [0.15, 0.2) is 5.75 Å². The fourth-order valence-corrected chi connectivity index (χ4v) is 3.30. The average molecular weight is 392 g/mol. The molecule has 1 aromatic rings. The first-order valence-corrected chi connectivity index (χ1v) is 9.05. The number of carbonyl (C=O) groups excluding carboxylic acids is 3. The van der Waals surface area contributed by atoms with Crippen LogP contribution in [0.2, 0.25) is 0 Å². The maximum Gasteiger partial charge on any atom is 0.341 e. The molecule has 2 heterocycles. The highest BCUT2D eigenvalue weighted by atomic mass is 16.5. The van der Waals surface area contributed by atoms with Crippen LogP contribution in [0.3, 0.4) is 0 Å². The molecule has 0 spiro atoms. The highest BCUT2D eigenvalue weighted by molar-refractivity contribution is 5.98. The average Bonchev–Trinajstić information content (AvgIpc) is 2.69. The molecule has 2 atom stereocenters. The number of anilines is 1. The van der Waals surface area contributed by atoms with Gasteiger partial charge in [0.1, 0.15) is 5.56 Å². The number of rotatable bonds is 5. The number of phenolic OH excluding ortho intramolecular Hbond substituents is 1. The van der Waals surface area contributed by atoms with Crippen molar-refractivity contribution >= 4 is 23.5 Å². The van der Waals surface area contributed by atoms with Crippen molar-refractivity contribution in [3.63, 3.8) is 0 Å². The van der Waals surface area contributed by atoms with Gasteiger partial charge in [-0.15, -0.1) is 0 Å². The van der Waals surface area contributed by atoms with Crippen molar-refractivity contribution in [3.8, 4) is 5.75 Å². The Morgan fingerprint density at radius 3 is 2.82 bits per heavy atom. The molecule has 2 saturated heterocycles. The molecule has 2 unspecified atom stereocenters. The van der Waals surface area contributed by atoms with Crippen molar-refractivity contribution in [3.05, 3.63) is 23.8 Å². The van der Waals surface area contributed by atoms with Crippen LogP contribution in [0.5, 0.6) is 5.75 Å². The van der Waals surface area contributed by atoms with Crippen molar-refractivity contribution in [2.45, 2.75) is 25.2 Å². The molecule has 0 bridgehead atoms. The number of nitrogens with zero attached hydrogens (tertiary/aromatic N) is 1. The molecular formula is C18H24N4O6. The number of phenols is 1. The van der Waals surface area contributed by atoms with Crippen LogP contribution >= 0.6 is 0 Å². The predicted molar refractivity (Wildman–Crippen MR) is 98.6 cm³/mol. The van der Waals surface area contributed by atoms with E-state index < -0.39 is 18.0 Å². The molecule has 28 heavy (non-hydrogen) atoms. The SMILES string of the molecule is COC(=O)c1cccc(NC(=O)CC2NC(=O)CC(N3CCOCC3)N2)c1O. The van der Waals surface area contributed by atoms with E-state index in [4.69, 9.17) is 4.74 Å². The van der Waals surface area contributed by atoms with Gasteiger partial charge in [0.05, 0.1) is 51.2 Å². The van der Waals surface area contributed by atoms with Crippen LogP contribution in [-0.2, 0) is 19.1 Å². The number of benzene rings is 1. The van der Waals surface area contributed by atoms with Crippen molar-refractivity contribution in [1.82, 2.24) is 15.5 Å². The maximum absolute atomic E-state index is 12.4. The zero-order valence-electron chi connectivity index (χ0n) is 15.6. The zero-order valence-corrected chi connectivity index (χ0v) is 15.6. The Balaban J connectivity index is 1.61. The van der Waals surface area contributed by atoms with Gasteiger partial charge in [-0.1, -0.05) is 6.07 Å². The molecule has 2 fully saturated rings. The Morgan fingerprint density at radius 2 is 2.11 bits per heavy atom. The topological polar surface area (TPSA) is 129 Å². The second-order valence-electron chi connectivity index (χ2n) is 6.60. The predicted octanol–water partition coefficient (Wildman–Crippen LogP) is -0.399. The lowest BCUT2D eigenvalue weighted by Crippen LogP contribution is -2.63. The third-order valence-corrected chi connectivity index (χ3v) is 4.70. The molecular weight excluding hydrogens is 368 g/mol. The van der Waals surface area contributed by atoms with Gasteiger partial charge in [-0.2, -0.15) is 0 Å². The van der Waals surface area contributed by atoms with E-state index in [2.05, 4.69) is 25.6 Å². The number of hydrogen-bond donors (Lipinski definition) is 4. The van der Waals surface area contributed by atoms with Crippen molar-refractivity contribution < 1.29 is 29.0 Å². The monoisotopic (exact) mass is 392 g/mol. The van der Waals surface area contributed by atoms with Crippen molar-refractivity contribution in [2.75, 3.05) is 38.7 Å². The number of morpholine rings is 1. The third kappa shape index (κ3) is 4.77. The molecule has 0 saturated carbocycles. The number of esters is 1. The Kier molecular flexibility index (Phi) is 6.45. The fraction of sp³-hybridized carbons (Fsp3) is 0.500. The largest absolute Gasteiger partial charge is 0.505 e. The van der Waals surface area contributed by atoms with Gasteiger partial charge in [-0.05, 0) is 12.1 Å². The first-order valence-electron chi connectivity index (χ1n) is 9.05.